The van der Waals surface area contributed by atoms with Crippen molar-refractivity contribution in [3.63, 3.8) is 0 Å². The number of aryl methyl sites for hydroxylation is 1. The zero-order valence-electron chi connectivity index (χ0n) is 15.1. The number of hydrogen-bond acceptors (Lipinski definition) is 4. The van der Waals surface area contributed by atoms with Crippen molar-refractivity contribution in [2.45, 2.75) is 26.2 Å². The van der Waals surface area contributed by atoms with Gasteiger partial charge < -0.3 is 4.74 Å². The van der Waals surface area contributed by atoms with E-state index in [0.29, 0.717) is 23.6 Å². The van der Waals surface area contributed by atoms with Crippen LogP contribution in [0.4, 0.5) is 0 Å². The molecule has 1 aromatic carbocycles. The van der Waals surface area contributed by atoms with Crippen LogP contribution in [0.2, 0.25) is 0 Å². The Morgan fingerprint density at radius 1 is 1.23 bits per heavy atom. The number of unbranched alkanes of at least 4 members (excludes halogenated alkanes) is 1. The Hall–Kier alpha value is -2.21. The molecule has 0 saturated heterocycles. The quantitative estimate of drug-likeness (QED) is 0.388. The first-order valence-corrected chi connectivity index (χ1v) is 9.85. The number of alkyl halides is 1. The van der Waals surface area contributed by atoms with Crippen LogP contribution in [0.3, 0.4) is 0 Å². The molecule has 0 aliphatic carbocycles. The van der Waals surface area contributed by atoms with Gasteiger partial charge in [0.25, 0.3) is 5.91 Å². The molecular weight excluding hydrogens is 394 g/mol. The van der Waals surface area contributed by atoms with Gasteiger partial charge in [-0.3, -0.25) is 4.79 Å². The van der Waals surface area contributed by atoms with E-state index in [4.69, 9.17) is 9.72 Å². The summed E-state index contributed by atoms with van der Waals surface area (Å²) >= 11 is 3.41. The Balaban J connectivity index is 2.05. The standard InChI is InChI=1S/C20H22BrN3O2/c1-4-14-7-8-16-15(9-10-17(26-3)19(16)22-14)18-13(2)20(25)24(23-18)12-6-5-11-21/h7-10H,2,4-6,11-12H2,1,3H3. The molecule has 0 atom stereocenters. The summed E-state index contributed by atoms with van der Waals surface area (Å²) in [5, 5.41) is 7.91. The summed E-state index contributed by atoms with van der Waals surface area (Å²) in [5.41, 5.74) is 3.68. The van der Waals surface area contributed by atoms with E-state index >= 15 is 0 Å². The van der Waals surface area contributed by atoms with Gasteiger partial charge in [-0.2, -0.15) is 5.10 Å². The van der Waals surface area contributed by atoms with Crippen LogP contribution >= 0.6 is 15.9 Å². The smallest absolute Gasteiger partial charge is 0.275 e. The number of pyridine rings is 1. The second-order valence-electron chi connectivity index (χ2n) is 6.12. The highest BCUT2D eigenvalue weighted by Crippen LogP contribution is 2.31. The molecule has 0 spiro atoms. The van der Waals surface area contributed by atoms with Gasteiger partial charge in [0.15, 0.2) is 0 Å². The number of methoxy groups -OCH3 is 1. The first kappa shape index (κ1) is 18.6. The summed E-state index contributed by atoms with van der Waals surface area (Å²) in [4.78, 5) is 17.2. The molecule has 2 heterocycles. The molecule has 1 aromatic heterocycles. The van der Waals surface area contributed by atoms with E-state index in [2.05, 4.69) is 34.5 Å². The van der Waals surface area contributed by atoms with Crippen molar-refractivity contribution in [1.29, 1.82) is 0 Å². The van der Waals surface area contributed by atoms with Crippen molar-refractivity contribution in [3.05, 3.63) is 47.7 Å². The van der Waals surface area contributed by atoms with Gasteiger partial charge in [-0.25, -0.2) is 9.99 Å². The summed E-state index contributed by atoms with van der Waals surface area (Å²) in [6.07, 6.45) is 2.74. The van der Waals surface area contributed by atoms with Crippen LogP contribution in [0.15, 0.2) is 41.5 Å². The summed E-state index contributed by atoms with van der Waals surface area (Å²) in [6.45, 7) is 6.63. The van der Waals surface area contributed by atoms with Crippen LogP contribution < -0.4 is 4.74 Å². The van der Waals surface area contributed by atoms with Crippen LogP contribution in [-0.2, 0) is 11.2 Å². The summed E-state index contributed by atoms with van der Waals surface area (Å²) in [5.74, 6) is 0.584. The third-order valence-electron chi connectivity index (χ3n) is 4.47. The Kier molecular flexibility index (Phi) is 5.71. The first-order chi connectivity index (χ1) is 12.6. The second kappa shape index (κ2) is 7.99. The van der Waals surface area contributed by atoms with Gasteiger partial charge in [-0.15, -0.1) is 0 Å². The maximum Gasteiger partial charge on any atom is 0.275 e. The van der Waals surface area contributed by atoms with Crippen molar-refractivity contribution in [2.24, 2.45) is 5.10 Å². The average molecular weight is 416 g/mol. The second-order valence-corrected chi connectivity index (χ2v) is 6.91. The molecule has 0 radical (unpaired) electrons. The van der Waals surface area contributed by atoms with Crippen molar-refractivity contribution < 1.29 is 9.53 Å². The summed E-state index contributed by atoms with van der Waals surface area (Å²) < 4.78 is 5.47. The van der Waals surface area contributed by atoms with Crippen LogP contribution in [0.25, 0.3) is 10.9 Å². The molecule has 1 aliphatic heterocycles. The SMILES string of the molecule is C=C1C(=O)N(CCCCBr)N=C1c1ccc(OC)c2nc(CC)ccc12. The largest absolute Gasteiger partial charge is 0.494 e. The maximum absolute atomic E-state index is 12.5. The number of benzene rings is 1. The highest BCUT2D eigenvalue weighted by atomic mass is 79.9. The molecule has 0 fully saturated rings. The van der Waals surface area contributed by atoms with Crippen LogP contribution in [-0.4, -0.2) is 40.6 Å². The molecule has 1 amide bonds. The van der Waals surface area contributed by atoms with Crippen molar-refractivity contribution in [1.82, 2.24) is 9.99 Å². The lowest BCUT2D eigenvalue weighted by atomic mass is 9.98. The number of amides is 1. The fourth-order valence-corrected chi connectivity index (χ4v) is 3.40. The highest BCUT2D eigenvalue weighted by molar-refractivity contribution is 9.09. The Bertz CT molecular complexity index is 892. The Morgan fingerprint density at radius 3 is 2.73 bits per heavy atom. The lowest BCUT2D eigenvalue weighted by Crippen LogP contribution is -2.23. The van der Waals surface area contributed by atoms with Gasteiger partial charge in [0.05, 0.1) is 12.7 Å². The number of carbonyl (C=O) groups is 1. The molecule has 6 heteroatoms. The monoisotopic (exact) mass is 415 g/mol. The maximum atomic E-state index is 12.5. The zero-order chi connectivity index (χ0) is 18.7. The highest BCUT2D eigenvalue weighted by Gasteiger charge is 2.30. The minimum atomic E-state index is -0.128. The third-order valence-corrected chi connectivity index (χ3v) is 5.03. The molecule has 2 aromatic rings. The number of ether oxygens (including phenoxy) is 1. The lowest BCUT2D eigenvalue weighted by Gasteiger charge is -2.11. The fraction of sp³-hybridized carbons (Fsp3) is 0.350. The first-order valence-electron chi connectivity index (χ1n) is 8.73. The lowest BCUT2D eigenvalue weighted by molar-refractivity contribution is -0.125. The van der Waals surface area contributed by atoms with E-state index in [1.807, 2.05) is 24.3 Å². The van der Waals surface area contributed by atoms with E-state index in [9.17, 15) is 4.79 Å². The minimum absolute atomic E-state index is 0.128. The van der Waals surface area contributed by atoms with Gasteiger partial charge in [0, 0.05) is 28.5 Å². The number of fused-ring (bicyclic) bond motifs is 1. The molecule has 0 N–H and O–H groups in total. The number of hydrazone groups is 1. The molecule has 5 nitrogen and oxygen atoms in total. The number of aromatic nitrogens is 1. The van der Waals surface area contributed by atoms with Crippen molar-refractivity contribution in [3.8, 4) is 5.75 Å². The molecule has 0 saturated carbocycles. The molecule has 26 heavy (non-hydrogen) atoms. The zero-order valence-corrected chi connectivity index (χ0v) is 16.7. The molecule has 0 unspecified atom stereocenters. The number of hydrogen-bond donors (Lipinski definition) is 0. The van der Waals surface area contributed by atoms with Gasteiger partial charge in [-0.1, -0.05) is 35.5 Å². The molecule has 3 rings (SSSR count). The summed E-state index contributed by atoms with van der Waals surface area (Å²) in [6, 6.07) is 7.82. The van der Waals surface area contributed by atoms with Crippen LogP contribution in [0, 0.1) is 0 Å². The van der Waals surface area contributed by atoms with E-state index in [1.165, 1.54) is 5.01 Å². The molecule has 1 aliphatic rings. The third kappa shape index (κ3) is 3.38. The van der Waals surface area contributed by atoms with E-state index in [-0.39, 0.29) is 5.91 Å². The Labute approximate surface area is 161 Å². The van der Waals surface area contributed by atoms with E-state index in [0.717, 1.165) is 46.8 Å². The summed E-state index contributed by atoms with van der Waals surface area (Å²) in [7, 11) is 1.63. The number of rotatable bonds is 7. The predicted octanol–water partition coefficient (Wildman–Crippen LogP) is 4.08. The number of halogens is 1. The van der Waals surface area contributed by atoms with Crippen LogP contribution in [0.1, 0.15) is 31.0 Å². The van der Waals surface area contributed by atoms with Crippen molar-refractivity contribution >= 4 is 38.5 Å². The fourth-order valence-electron chi connectivity index (χ4n) is 3.01. The normalized spacial score (nSPS) is 14.3. The van der Waals surface area contributed by atoms with E-state index < -0.39 is 0 Å². The Morgan fingerprint density at radius 2 is 2.04 bits per heavy atom. The number of carbonyl (C=O) groups excluding carboxylic acids is 1. The van der Waals surface area contributed by atoms with Crippen LogP contribution in [0.5, 0.6) is 5.75 Å². The van der Waals surface area contributed by atoms with Gasteiger partial charge in [-0.05, 0) is 37.5 Å². The minimum Gasteiger partial charge on any atom is -0.494 e. The molecule has 0 bridgehead atoms. The van der Waals surface area contributed by atoms with Crippen molar-refractivity contribution in [2.75, 3.05) is 19.0 Å². The van der Waals surface area contributed by atoms with Gasteiger partial charge in [0.2, 0.25) is 0 Å². The average Bonchev–Trinajstić information content (AvgIpc) is 2.95. The topological polar surface area (TPSA) is 54.8 Å². The van der Waals surface area contributed by atoms with Gasteiger partial charge in [0.1, 0.15) is 17.0 Å². The predicted molar refractivity (Wildman–Crippen MR) is 108 cm³/mol. The molecule has 136 valence electrons. The van der Waals surface area contributed by atoms with E-state index in [1.54, 1.807) is 7.11 Å². The molecular formula is C20H22BrN3O2. The number of nitrogens with zero attached hydrogens (tertiary/aromatic N) is 3. The van der Waals surface area contributed by atoms with Gasteiger partial charge >= 0.3 is 0 Å².